The quantitative estimate of drug-likeness (QED) is 0.428. The minimum absolute atomic E-state index is 0.629. The molecule has 0 aliphatic rings. The standard InChI is InChI=1S/C6H8N2O2/c1-5(3-7)9-10-6(2)4-8/h5-6H,1-2H3. The molecule has 0 aromatic rings. The summed E-state index contributed by atoms with van der Waals surface area (Å²) in [5, 5.41) is 16.4. The van der Waals surface area contributed by atoms with Gasteiger partial charge in [-0.1, -0.05) is 0 Å². The highest BCUT2D eigenvalue weighted by molar-refractivity contribution is 4.80. The maximum absolute atomic E-state index is 8.18. The lowest BCUT2D eigenvalue weighted by Gasteiger charge is -2.04. The van der Waals surface area contributed by atoms with Crippen molar-refractivity contribution in [2.24, 2.45) is 0 Å². The first-order chi connectivity index (χ1) is 4.70. The Morgan fingerprint density at radius 3 is 1.50 bits per heavy atom. The molecule has 0 radical (unpaired) electrons. The van der Waals surface area contributed by atoms with Crippen LogP contribution in [-0.4, -0.2) is 12.2 Å². The minimum atomic E-state index is -0.629. The van der Waals surface area contributed by atoms with Crippen LogP contribution in [0.4, 0.5) is 0 Å². The molecule has 0 fully saturated rings. The Morgan fingerprint density at radius 1 is 1.00 bits per heavy atom. The van der Waals surface area contributed by atoms with Crippen LogP contribution >= 0.6 is 0 Å². The van der Waals surface area contributed by atoms with Crippen LogP contribution in [0.2, 0.25) is 0 Å². The molecule has 0 saturated carbocycles. The van der Waals surface area contributed by atoms with E-state index in [1.54, 1.807) is 12.1 Å². The fourth-order valence-electron chi connectivity index (χ4n) is 0.210. The summed E-state index contributed by atoms with van der Waals surface area (Å²) in [6, 6.07) is 3.58. The molecular weight excluding hydrogens is 132 g/mol. The van der Waals surface area contributed by atoms with Gasteiger partial charge in [0, 0.05) is 0 Å². The van der Waals surface area contributed by atoms with Crippen LogP contribution in [0.25, 0.3) is 0 Å². The van der Waals surface area contributed by atoms with Crippen LogP contribution in [0.5, 0.6) is 0 Å². The Balaban J connectivity index is 3.40. The maximum atomic E-state index is 8.18. The summed E-state index contributed by atoms with van der Waals surface area (Å²) < 4.78 is 0. The Morgan fingerprint density at radius 2 is 1.30 bits per heavy atom. The monoisotopic (exact) mass is 140 g/mol. The molecular formula is C6H8N2O2. The highest BCUT2D eigenvalue weighted by Crippen LogP contribution is 1.93. The third-order valence-corrected chi connectivity index (χ3v) is 0.708. The van der Waals surface area contributed by atoms with Crippen LogP contribution in [0.3, 0.4) is 0 Å². The van der Waals surface area contributed by atoms with Gasteiger partial charge in [0.05, 0.1) is 12.1 Å². The average molecular weight is 140 g/mol. The van der Waals surface area contributed by atoms with Gasteiger partial charge < -0.3 is 0 Å². The number of rotatable bonds is 3. The van der Waals surface area contributed by atoms with Gasteiger partial charge in [0.15, 0.2) is 12.2 Å². The number of nitriles is 2. The van der Waals surface area contributed by atoms with Crippen molar-refractivity contribution in [2.75, 3.05) is 0 Å². The zero-order valence-corrected chi connectivity index (χ0v) is 5.87. The van der Waals surface area contributed by atoms with Crippen LogP contribution in [0, 0.1) is 22.7 Å². The largest absolute Gasteiger partial charge is 0.217 e. The Labute approximate surface area is 59.5 Å². The SMILES string of the molecule is CC(C#N)OOC(C)C#N. The first-order valence-electron chi connectivity index (χ1n) is 2.82. The van der Waals surface area contributed by atoms with E-state index in [9.17, 15) is 0 Å². The Kier molecular flexibility index (Phi) is 4.23. The van der Waals surface area contributed by atoms with Crippen molar-refractivity contribution in [3.63, 3.8) is 0 Å². The molecule has 2 unspecified atom stereocenters. The lowest BCUT2D eigenvalue weighted by atomic mass is 10.5. The second-order valence-corrected chi connectivity index (χ2v) is 1.74. The minimum Gasteiger partial charge on any atom is -0.217 e. The third-order valence-electron chi connectivity index (χ3n) is 0.708. The molecule has 0 rings (SSSR count). The molecule has 0 aliphatic carbocycles. The summed E-state index contributed by atoms with van der Waals surface area (Å²) in [5.41, 5.74) is 0. The van der Waals surface area contributed by atoms with Gasteiger partial charge in [0.1, 0.15) is 0 Å². The van der Waals surface area contributed by atoms with Gasteiger partial charge in [-0.15, -0.1) is 0 Å². The maximum Gasteiger partial charge on any atom is 0.176 e. The van der Waals surface area contributed by atoms with Gasteiger partial charge in [-0.3, -0.25) is 0 Å². The second-order valence-electron chi connectivity index (χ2n) is 1.74. The van der Waals surface area contributed by atoms with E-state index in [0.29, 0.717) is 0 Å². The number of hydrogen-bond acceptors (Lipinski definition) is 4. The van der Waals surface area contributed by atoms with Crippen LogP contribution in [0.15, 0.2) is 0 Å². The average Bonchev–Trinajstić information content (AvgIpc) is 1.99. The summed E-state index contributed by atoms with van der Waals surface area (Å²) in [7, 11) is 0. The summed E-state index contributed by atoms with van der Waals surface area (Å²) >= 11 is 0. The van der Waals surface area contributed by atoms with E-state index in [1.165, 1.54) is 13.8 Å². The fraction of sp³-hybridized carbons (Fsp3) is 0.667. The zero-order valence-electron chi connectivity index (χ0n) is 5.87. The number of nitrogens with zero attached hydrogens (tertiary/aromatic N) is 2. The topological polar surface area (TPSA) is 66.0 Å². The lowest BCUT2D eigenvalue weighted by molar-refractivity contribution is -0.322. The van der Waals surface area contributed by atoms with Crippen molar-refractivity contribution in [1.29, 1.82) is 10.5 Å². The van der Waals surface area contributed by atoms with Gasteiger partial charge in [-0.2, -0.15) is 10.5 Å². The first kappa shape index (κ1) is 8.90. The molecule has 0 aromatic heterocycles. The van der Waals surface area contributed by atoms with Crippen molar-refractivity contribution in [1.82, 2.24) is 0 Å². The summed E-state index contributed by atoms with van der Waals surface area (Å²) in [6.07, 6.45) is -1.26. The molecule has 10 heavy (non-hydrogen) atoms. The van der Waals surface area contributed by atoms with E-state index < -0.39 is 12.2 Å². The van der Waals surface area contributed by atoms with Gasteiger partial charge in [0.2, 0.25) is 0 Å². The van der Waals surface area contributed by atoms with E-state index in [1.807, 2.05) is 0 Å². The number of hydrogen-bond donors (Lipinski definition) is 0. The van der Waals surface area contributed by atoms with Crippen LogP contribution < -0.4 is 0 Å². The van der Waals surface area contributed by atoms with Gasteiger partial charge >= 0.3 is 0 Å². The van der Waals surface area contributed by atoms with Crippen LogP contribution in [0.1, 0.15) is 13.8 Å². The fourth-order valence-corrected chi connectivity index (χ4v) is 0.210. The molecule has 4 nitrogen and oxygen atoms in total. The molecule has 54 valence electrons. The highest BCUT2D eigenvalue weighted by Gasteiger charge is 2.03. The molecule has 0 spiro atoms. The molecule has 4 heteroatoms. The molecule has 0 saturated heterocycles. The van der Waals surface area contributed by atoms with Crippen molar-refractivity contribution in [3.8, 4) is 12.1 Å². The Hall–Kier alpha value is -1.10. The third kappa shape index (κ3) is 3.85. The Bertz CT molecular complexity index is 148. The highest BCUT2D eigenvalue weighted by atomic mass is 17.2. The van der Waals surface area contributed by atoms with E-state index in [0.717, 1.165) is 0 Å². The van der Waals surface area contributed by atoms with Crippen LogP contribution in [-0.2, 0) is 9.78 Å². The van der Waals surface area contributed by atoms with Crippen molar-refractivity contribution >= 4 is 0 Å². The predicted octanol–water partition coefficient (Wildman–Crippen LogP) is 0.759. The van der Waals surface area contributed by atoms with Gasteiger partial charge in [-0.05, 0) is 13.8 Å². The van der Waals surface area contributed by atoms with Crippen molar-refractivity contribution in [2.45, 2.75) is 26.1 Å². The zero-order chi connectivity index (χ0) is 7.98. The molecule has 0 aromatic carbocycles. The molecule has 0 bridgehead atoms. The first-order valence-corrected chi connectivity index (χ1v) is 2.82. The molecule has 0 N–H and O–H groups in total. The molecule has 0 aliphatic heterocycles. The van der Waals surface area contributed by atoms with E-state index in [-0.39, 0.29) is 0 Å². The molecule has 2 atom stereocenters. The smallest absolute Gasteiger partial charge is 0.176 e. The van der Waals surface area contributed by atoms with E-state index in [2.05, 4.69) is 9.78 Å². The summed E-state index contributed by atoms with van der Waals surface area (Å²) in [4.78, 5) is 8.92. The molecule has 0 heterocycles. The lowest BCUT2D eigenvalue weighted by Crippen LogP contribution is -2.11. The second kappa shape index (κ2) is 4.75. The van der Waals surface area contributed by atoms with E-state index in [4.69, 9.17) is 10.5 Å². The van der Waals surface area contributed by atoms with E-state index >= 15 is 0 Å². The van der Waals surface area contributed by atoms with Gasteiger partial charge in [0.25, 0.3) is 0 Å². The van der Waals surface area contributed by atoms with Gasteiger partial charge in [-0.25, -0.2) is 9.78 Å². The normalized spacial score (nSPS) is 14.8. The predicted molar refractivity (Wildman–Crippen MR) is 32.3 cm³/mol. The summed E-state index contributed by atoms with van der Waals surface area (Å²) in [6.45, 7) is 3.06. The van der Waals surface area contributed by atoms with Crippen molar-refractivity contribution in [3.05, 3.63) is 0 Å². The summed E-state index contributed by atoms with van der Waals surface area (Å²) in [5.74, 6) is 0. The van der Waals surface area contributed by atoms with Crippen molar-refractivity contribution < 1.29 is 9.78 Å². The molecule has 0 amide bonds.